The molecule has 0 aliphatic carbocycles. The van der Waals surface area contributed by atoms with Gasteiger partial charge in [0.1, 0.15) is 5.58 Å². The summed E-state index contributed by atoms with van der Waals surface area (Å²) in [6.07, 6.45) is 8.64. The first-order chi connectivity index (χ1) is 18.3. The smallest absolute Gasteiger partial charge is 0.123 e. The van der Waals surface area contributed by atoms with Crippen LogP contribution in [0, 0.1) is 25.9 Å². The van der Waals surface area contributed by atoms with Gasteiger partial charge in [-0.15, -0.1) is 54.1 Å². The minimum Gasteiger partial charge on any atom is -0.508 e. The summed E-state index contributed by atoms with van der Waals surface area (Å²) < 4.78 is 44.3. The van der Waals surface area contributed by atoms with Gasteiger partial charge in [0.25, 0.3) is 0 Å². The zero-order valence-electron chi connectivity index (χ0n) is 23.6. The maximum Gasteiger partial charge on any atom is 0.123 e. The van der Waals surface area contributed by atoms with Crippen LogP contribution >= 0.6 is 0 Å². The number of aliphatic imine (C=N–C) groups is 1. The van der Waals surface area contributed by atoms with Gasteiger partial charge in [-0.3, -0.25) is 0 Å². The molecule has 1 aliphatic rings. The van der Waals surface area contributed by atoms with Crippen LogP contribution < -0.4 is 0 Å². The summed E-state index contributed by atoms with van der Waals surface area (Å²) in [7, 11) is 0. The van der Waals surface area contributed by atoms with Crippen molar-refractivity contribution in [3.63, 3.8) is 0 Å². The van der Waals surface area contributed by atoms with Gasteiger partial charge in [0.2, 0.25) is 0 Å². The van der Waals surface area contributed by atoms with E-state index < -0.39 is 6.85 Å². The molecule has 0 bridgehead atoms. The third-order valence-electron chi connectivity index (χ3n) is 4.94. The van der Waals surface area contributed by atoms with Crippen LogP contribution in [0.1, 0.15) is 36.4 Å². The van der Waals surface area contributed by atoms with Crippen LogP contribution in [0.15, 0.2) is 107 Å². The van der Waals surface area contributed by atoms with Crippen LogP contribution in [0.25, 0.3) is 22.2 Å². The molecule has 0 fully saturated rings. The average Bonchev–Trinajstić information content (AvgIpc) is 3.02. The normalized spacial score (nSPS) is 14.5. The number of hydrogen-bond acceptors (Lipinski definition) is 3. The summed E-state index contributed by atoms with van der Waals surface area (Å²) in [4.78, 5) is 8.39. The number of rotatable bonds is 2. The van der Waals surface area contributed by atoms with Crippen LogP contribution in [-0.2, 0) is 20.1 Å². The number of fused-ring (bicyclic) bond motifs is 1. The van der Waals surface area contributed by atoms with Crippen molar-refractivity contribution >= 4 is 16.7 Å². The quantitative estimate of drug-likeness (QED) is 0.215. The molecule has 2 aromatic carbocycles. The Labute approximate surface area is 222 Å². The van der Waals surface area contributed by atoms with Crippen LogP contribution in [-0.4, -0.2) is 10.7 Å². The molecule has 0 amide bonds. The molecule has 34 heavy (non-hydrogen) atoms. The fourth-order valence-corrected chi connectivity index (χ4v) is 3.27. The topological polar surface area (TPSA) is 38.4 Å². The molecule has 0 saturated carbocycles. The van der Waals surface area contributed by atoms with Gasteiger partial charge >= 0.3 is 0 Å². The molecule has 3 nitrogen and oxygen atoms in total. The van der Waals surface area contributed by atoms with E-state index in [0.29, 0.717) is 11.1 Å². The zero-order valence-corrected chi connectivity index (χ0v) is 21.0. The summed E-state index contributed by atoms with van der Waals surface area (Å²) in [6.45, 7) is -0.559. The van der Waals surface area contributed by atoms with E-state index in [1.54, 1.807) is 12.1 Å². The van der Waals surface area contributed by atoms with E-state index in [1.165, 1.54) is 6.26 Å². The van der Waals surface area contributed by atoms with Crippen LogP contribution in [0.3, 0.4) is 0 Å². The van der Waals surface area contributed by atoms with Crippen molar-refractivity contribution in [3.05, 3.63) is 126 Å². The van der Waals surface area contributed by atoms with Gasteiger partial charge in [-0.1, -0.05) is 48.0 Å². The second-order valence-corrected chi connectivity index (χ2v) is 7.36. The monoisotopic (exact) mass is 628 g/mol. The second kappa shape index (κ2) is 12.8. The summed E-state index contributed by atoms with van der Waals surface area (Å²) >= 11 is 0. The standard InChI is InChI=1S/C19H16NO.C11H10N.Ir/c1-14-10-11-18(20-12-14)17-8-4-3-7-16-9-5-6-15(2)19(16)21-13-17;1-2-6-10(7-3-1)11-8-4-5-9-12-11;/h3-7,9-13H,1-2H3;1-3,5-6,9H,4,8H2;/q2*-1;/i1D3,10D,11D;;. The Morgan fingerprint density at radius 1 is 1.00 bits per heavy atom. The van der Waals surface area contributed by atoms with E-state index in [4.69, 9.17) is 11.3 Å². The molecule has 4 aromatic rings. The van der Waals surface area contributed by atoms with Crippen molar-refractivity contribution in [2.45, 2.75) is 26.6 Å². The SMILES string of the molecule is [2H]c1c(C([2H])([2H])[2H])cnc(-c2[c-]cccc3cccc(C)c3oc2)c1[2H].[Ir].[c-]1ccccc1C1=NC=CCC1. The van der Waals surface area contributed by atoms with Crippen molar-refractivity contribution in [1.29, 1.82) is 0 Å². The predicted molar refractivity (Wildman–Crippen MR) is 136 cm³/mol. The van der Waals surface area contributed by atoms with Gasteiger partial charge in [-0.25, -0.2) is 0 Å². The van der Waals surface area contributed by atoms with Gasteiger partial charge in [0.05, 0.1) is 2.74 Å². The van der Waals surface area contributed by atoms with Crippen LogP contribution in [0.4, 0.5) is 0 Å². The van der Waals surface area contributed by atoms with E-state index in [2.05, 4.69) is 34.3 Å². The molecule has 0 N–H and O–H groups in total. The molecular weight excluding hydrogens is 597 g/mol. The molecule has 0 saturated heterocycles. The third kappa shape index (κ3) is 6.83. The van der Waals surface area contributed by atoms with Crippen molar-refractivity contribution in [3.8, 4) is 11.3 Å². The van der Waals surface area contributed by atoms with E-state index in [-0.39, 0.29) is 43.4 Å². The summed E-state index contributed by atoms with van der Waals surface area (Å²) in [5, 5.41) is 0.901. The number of hydrogen-bond donors (Lipinski definition) is 0. The molecule has 2 aromatic heterocycles. The number of aromatic nitrogens is 1. The fourth-order valence-electron chi connectivity index (χ4n) is 3.27. The Bertz CT molecular complexity index is 1540. The molecular formula is C30H26IrN2O-2. The molecule has 4 heteroatoms. The Balaban J connectivity index is 0.000000270. The number of pyridine rings is 1. The molecule has 0 atom stereocenters. The first-order valence-corrected chi connectivity index (χ1v) is 10.6. The van der Waals surface area contributed by atoms with E-state index in [1.807, 2.05) is 55.6 Å². The van der Waals surface area contributed by atoms with Crippen molar-refractivity contribution in [1.82, 2.24) is 4.98 Å². The Morgan fingerprint density at radius 2 is 1.85 bits per heavy atom. The summed E-state index contributed by atoms with van der Waals surface area (Å²) in [5.74, 6) is 0. The molecule has 0 unspecified atom stereocenters. The van der Waals surface area contributed by atoms with Gasteiger partial charge in [-0.05, 0) is 49.1 Å². The zero-order chi connectivity index (χ0) is 27.1. The van der Waals surface area contributed by atoms with Gasteiger partial charge in [0, 0.05) is 48.3 Å². The number of para-hydroxylation sites is 1. The Kier molecular flexibility index (Phi) is 7.16. The molecule has 1 radical (unpaired) electrons. The van der Waals surface area contributed by atoms with E-state index in [0.717, 1.165) is 41.3 Å². The maximum atomic E-state index is 8.15. The third-order valence-corrected chi connectivity index (χ3v) is 4.94. The van der Waals surface area contributed by atoms with Crippen LogP contribution in [0.2, 0.25) is 0 Å². The van der Waals surface area contributed by atoms with Gasteiger partial charge < -0.3 is 14.4 Å². The van der Waals surface area contributed by atoms with E-state index in [9.17, 15) is 0 Å². The van der Waals surface area contributed by atoms with Crippen molar-refractivity contribution in [2.75, 3.05) is 0 Å². The van der Waals surface area contributed by atoms with Gasteiger partial charge in [-0.2, -0.15) is 0 Å². The number of allylic oxidation sites excluding steroid dienone is 1. The largest absolute Gasteiger partial charge is 0.508 e. The first-order valence-electron chi connectivity index (χ1n) is 13.1. The molecule has 0 spiro atoms. The Hall–Kier alpha value is -3.33. The van der Waals surface area contributed by atoms with Crippen LogP contribution in [0.5, 0.6) is 0 Å². The number of benzene rings is 2. The first kappa shape index (κ1) is 19.0. The minimum atomic E-state index is -2.49. The molecule has 5 rings (SSSR count). The summed E-state index contributed by atoms with van der Waals surface area (Å²) in [5.41, 5.74) is 4.16. The Morgan fingerprint density at radius 3 is 2.65 bits per heavy atom. The molecule has 173 valence electrons. The van der Waals surface area contributed by atoms with Crippen molar-refractivity contribution < 1.29 is 31.4 Å². The fraction of sp³-hybridized carbons (Fsp3) is 0.133. The second-order valence-electron chi connectivity index (χ2n) is 7.36. The number of nitrogens with zero attached hydrogens (tertiary/aromatic N) is 2. The average molecular weight is 628 g/mol. The van der Waals surface area contributed by atoms with Crippen molar-refractivity contribution in [2.24, 2.45) is 4.99 Å². The predicted octanol–water partition coefficient (Wildman–Crippen LogP) is 7.62. The minimum absolute atomic E-state index is 0. The molecule has 1 aliphatic heterocycles. The number of aryl methyl sites for hydroxylation is 2. The van der Waals surface area contributed by atoms with Gasteiger partial charge in [0.15, 0.2) is 0 Å². The molecule has 3 heterocycles. The maximum absolute atomic E-state index is 8.15. The summed E-state index contributed by atoms with van der Waals surface area (Å²) in [6, 6.07) is 24.6. The van der Waals surface area contributed by atoms with E-state index >= 15 is 0 Å².